The first kappa shape index (κ1) is 18.8. The average molecular weight is 371 g/mol. The predicted molar refractivity (Wildman–Crippen MR) is 107 cm³/mol. The first-order valence-electron chi connectivity index (χ1n) is 9.02. The molecule has 0 radical (unpaired) electrons. The molecule has 0 spiro atoms. The molecule has 1 N–H and O–H groups in total. The number of nitrogens with one attached hydrogen (secondary N) is 1. The number of carbonyl (C=O) groups excluding carboxylic acids is 1. The number of carbonyl (C=O) groups is 1. The van der Waals surface area contributed by atoms with Gasteiger partial charge in [0.2, 0.25) is 5.91 Å². The van der Waals surface area contributed by atoms with E-state index in [4.69, 9.17) is 4.74 Å². The fourth-order valence-electron chi connectivity index (χ4n) is 3.21. The lowest BCUT2D eigenvalue weighted by atomic mass is 10.1. The van der Waals surface area contributed by atoms with Crippen LogP contribution >= 0.6 is 11.3 Å². The summed E-state index contributed by atoms with van der Waals surface area (Å²) in [5, 5.41) is 5.16. The molecule has 1 fully saturated rings. The Bertz CT molecular complexity index is 749. The number of hydrogen-bond donors (Lipinski definition) is 1. The highest BCUT2D eigenvalue weighted by molar-refractivity contribution is 7.10. The number of morpholine rings is 1. The van der Waals surface area contributed by atoms with Crippen LogP contribution in [0.3, 0.4) is 0 Å². The smallest absolute Gasteiger partial charge is 0.244 e. The van der Waals surface area contributed by atoms with E-state index in [9.17, 15) is 4.79 Å². The molecule has 0 aliphatic carbocycles. The lowest BCUT2D eigenvalue weighted by molar-refractivity contribution is -0.116. The van der Waals surface area contributed by atoms with Crippen LogP contribution < -0.4 is 5.32 Å². The number of nitrogens with zero attached hydrogens (tertiary/aromatic N) is 1. The molecule has 4 nitrogen and oxygen atoms in total. The van der Waals surface area contributed by atoms with Crippen molar-refractivity contribution in [2.45, 2.75) is 19.9 Å². The van der Waals surface area contributed by atoms with Crippen LogP contribution in [0.5, 0.6) is 0 Å². The van der Waals surface area contributed by atoms with E-state index in [2.05, 4.69) is 59.8 Å². The molecule has 1 saturated heterocycles. The third-order valence-electron chi connectivity index (χ3n) is 4.67. The van der Waals surface area contributed by atoms with E-state index in [1.807, 2.05) is 6.08 Å². The standard InChI is InChI=1S/C21H26N2O2S/c1-16-5-6-18(17(2)14-16)7-8-21(24)22-15-19(20-4-3-13-26-20)23-9-11-25-12-10-23/h3-8,13-14,19H,9-12,15H2,1-2H3,(H,22,24)/b8-7+/t19-/m0/s1. The number of hydrogen-bond acceptors (Lipinski definition) is 4. The van der Waals surface area contributed by atoms with Gasteiger partial charge >= 0.3 is 0 Å². The van der Waals surface area contributed by atoms with Crippen molar-refractivity contribution in [3.8, 4) is 0 Å². The molecule has 1 atom stereocenters. The van der Waals surface area contributed by atoms with Crippen molar-refractivity contribution in [3.63, 3.8) is 0 Å². The molecule has 1 aliphatic heterocycles. The number of thiophene rings is 1. The van der Waals surface area contributed by atoms with E-state index in [0.29, 0.717) is 6.54 Å². The molecular weight excluding hydrogens is 344 g/mol. The van der Waals surface area contributed by atoms with Gasteiger partial charge in [-0.3, -0.25) is 9.69 Å². The quantitative estimate of drug-likeness (QED) is 0.791. The van der Waals surface area contributed by atoms with E-state index in [-0.39, 0.29) is 11.9 Å². The molecule has 2 aromatic rings. The average Bonchev–Trinajstić information content (AvgIpc) is 3.16. The van der Waals surface area contributed by atoms with Crippen molar-refractivity contribution in [1.29, 1.82) is 0 Å². The molecule has 1 aliphatic rings. The van der Waals surface area contributed by atoms with Gasteiger partial charge in [0.05, 0.1) is 19.3 Å². The molecule has 3 rings (SSSR count). The maximum atomic E-state index is 12.3. The van der Waals surface area contributed by atoms with Gasteiger partial charge in [-0.05, 0) is 42.5 Å². The number of amides is 1. The van der Waals surface area contributed by atoms with Crippen molar-refractivity contribution in [2.24, 2.45) is 0 Å². The van der Waals surface area contributed by atoms with E-state index < -0.39 is 0 Å². The third-order valence-corrected chi connectivity index (χ3v) is 5.64. The Morgan fingerprint density at radius 1 is 1.31 bits per heavy atom. The minimum atomic E-state index is -0.0557. The molecule has 2 heterocycles. The zero-order valence-corrected chi connectivity index (χ0v) is 16.2. The Morgan fingerprint density at radius 3 is 2.81 bits per heavy atom. The fourth-order valence-corrected chi connectivity index (χ4v) is 4.07. The maximum Gasteiger partial charge on any atom is 0.244 e. The first-order chi connectivity index (χ1) is 12.6. The normalized spacial score (nSPS) is 16.7. The summed E-state index contributed by atoms with van der Waals surface area (Å²) < 4.78 is 5.46. The molecule has 1 amide bonds. The minimum Gasteiger partial charge on any atom is -0.379 e. The summed E-state index contributed by atoms with van der Waals surface area (Å²) >= 11 is 1.74. The predicted octanol–water partition coefficient (Wildman–Crippen LogP) is 3.57. The fraction of sp³-hybridized carbons (Fsp3) is 0.381. The molecule has 0 bridgehead atoms. The van der Waals surface area contributed by atoms with Crippen LogP contribution in [0.15, 0.2) is 41.8 Å². The first-order valence-corrected chi connectivity index (χ1v) is 9.90. The summed E-state index contributed by atoms with van der Waals surface area (Å²) in [7, 11) is 0. The van der Waals surface area contributed by atoms with Crippen molar-refractivity contribution in [3.05, 3.63) is 63.4 Å². The largest absolute Gasteiger partial charge is 0.379 e. The van der Waals surface area contributed by atoms with Gasteiger partial charge in [-0.15, -0.1) is 11.3 Å². The maximum absolute atomic E-state index is 12.3. The highest BCUT2D eigenvalue weighted by atomic mass is 32.1. The van der Waals surface area contributed by atoms with Crippen LogP contribution in [0.2, 0.25) is 0 Å². The van der Waals surface area contributed by atoms with Crippen molar-refractivity contribution in [2.75, 3.05) is 32.8 Å². The van der Waals surface area contributed by atoms with E-state index in [0.717, 1.165) is 31.9 Å². The number of benzene rings is 1. The number of aryl methyl sites for hydroxylation is 2. The molecule has 5 heteroatoms. The van der Waals surface area contributed by atoms with Crippen LogP contribution in [0.25, 0.3) is 6.08 Å². The molecule has 0 saturated carbocycles. The molecule has 26 heavy (non-hydrogen) atoms. The van der Waals surface area contributed by atoms with E-state index in [1.165, 1.54) is 16.0 Å². The lowest BCUT2D eigenvalue weighted by Crippen LogP contribution is -2.43. The Kier molecular flexibility index (Phi) is 6.61. The molecule has 138 valence electrons. The summed E-state index contributed by atoms with van der Waals surface area (Å²) in [5.74, 6) is -0.0557. The van der Waals surface area contributed by atoms with Gasteiger partial charge in [0.25, 0.3) is 0 Å². The van der Waals surface area contributed by atoms with E-state index in [1.54, 1.807) is 17.4 Å². The summed E-state index contributed by atoms with van der Waals surface area (Å²) in [6.45, 7) is 8.05. The number of rotatable bonds is 6. The van der Waals surface area contributed by atoms with Crippen LogP contribution in [0, 0.1) is 13.8 Å². The Morgan fingerprint density at radius 2 is 2.12 bits per heavy atom. The van der Waals surface area contributed by atoms with Crippen molar-refractivity contribution < 1.29 is 9.53 Å². The topological polar surface area (TPSA) is 41.6 Å². The van der Waals surface area contributed by atoms with Crippen LogP contribution in [0.1, 0.15) is 27.6 Å². The molecule has 1 aromatic carbocycles. The van der Waals surface area contributed by atoms with Crippen molar-refractivity contribution >= 4 is 23.3 Å². The Labute approximate surface area is 159 Å². The van der Waals surface area contributed by atoms with Crippen molar-refractivity contribution in [1.82, 2.24) is 10.2 Å². The summed E-state index contributed by atoms with van der Waals surface area (Å²) in [6.07, 6.45) is 3.52. The van der Waals surface area contributed by atoms with Gasteiger partial charge in [0.1, 0.15) is 0 Å². The van der Waals surface area contributed by atoms with Gasteiger partial charge in [0, 0.05) is 30.6 Å². The summed E-state index contributed by atoms with van der Waals surface area (Å²) in [4.78, 5) is 16.0. The second-order valence-corrected chi connectivity index (χ2v) is 7.60. The lowest BCUT2D eigenvalue weighted by Gasteiger charge is -2.34. The van der Waals surface area contributed by atoms with Gasteiger partial charge in [-0.25, -0.2) is 0 Å². The zero-order chi connectivity index (χ0) is 18.4. The van der Waals surface area contributed by atoms with Crippen LogP contribution in [-0.4, -0.2) is 43.7 Å². The summed E-state index contributed by atoms with van der Waals surface area (Å²) in [5.41, 5.74) is 3.49. The minimum absolute atomic E-state index is 0.0557. The molecule has 1 aromatic heterocycles. The van der Waals surface area contributed by atoms with Crippen LogP contribution in [0.4, 0.5) is 0 Å². The van der Waals surface area contributed by atoms with E-state index >= 15 is 0 Å². The van der Waals surface area contributed by atoms with Gasteiger partial charge in [-0.2, -0.15) is 0 Å². The monoisotopic (exact) mass is 370 g/mol. The second-order valence-electron chi connectivity index (χ2n) is 6.62. The van der Waals surface area contributed by atoms with Gasteiger partial charge < -0.3 is 10.1 Å². The number of ether oxygens (including phenoxy) is 1. The highest BCUT2D eigenvalue weighted by Crippen LogP contribution is 2.25. The Balaban J connectivity index is 1.61. The van der Waals surface area contributed by atoms with Crippen LogP contribution in [-0.2, 0) is 9.53 Å². The molecular formula is C21H26N2O2S. The highest BCUT2D eigenvalue weighted by Gasteiger charge is 2.23. The third kappa shape index (κ3) is 5.04. The second kappa shape index (κ2) is 9.12. The summed E-state index contributed by atoms with van der Waals surface area (Å²) in [6, 6.07) is 10.7. The Hall–Kier alpha value is -1.95. The SMILES string of the molecule is Cc1ccc(/C=C/C(=O)NC[C@@H](c2cccs2)N2CCOCC2)c(C)c1. The molecule has 0 unspecified atom stereocenters. The van der Waals surface area contributed by atoms with Gasteiger partial charge in [0.15, 0.2) is 0 Å². The zero-order valence-electron chi connectivity index (χ0n) is 15.4. The van der Waals surface area contributed by atoms with Gasteiger partial charge in [-0.1, -0.05) is 29.8 Å².